The van der Waals surface area contributed by atoms with Crippen LogP contribution in [-0.4, -0.2) is 70.4 Å². The van der Waals surface area contributed by atoms with Gasteiger partial charge in [0.05, 0.1) is 39.1 Å². The molecule has 3 aliphatic rings. The predicted molar refractivity (Wildman–Crippen MR) is 143 cm³/mol. The van der Waals surface area contributed by atoms with E-state index >= 15 is 0 Å². The molecule has 0 atom stereocenters. The summed E-state index contributed by atoms with van der Waals surface area (Å²) >= 11 is 6.49. The number of hydrogen-bond donors (Lipinski definition) is 0. The monoisotopic (exact) mass is 609 g/mol. The molecular weight excluding hydrogens is 588 g/mol. The lowest BCUT2D eigenvalue weighted by Crippen LogP contribution is -2.56. The fourth-order valence-electron chi connectivity index (χ4n) is 5.32. The molecule has 11 nitrogen and oxygen atoms in total. The van der Waals surface area contributed by atoms with Crippen molar-refractivity contribution < 1.29 is 25.6 Å². The summed E-state index contributed by atoms with van der Waals surface area (Å²) in [6.45, 7) is 1.33. The van der Waals surface area contributed by atoms with Crippen molar-refractivity contribution in [2.45, 2.75) is 41.4 Å². The standard InChI is InChI=1S/C24H22ClF2N7O4S2/c25-19-9-15(26)10-20-21(19)22(33-8-7-31(14-24(33)4-5-24)23-28-11-16(27)12-29-23)30-34(20)40(37,38)18-3-6-32(13-18)39(35,36)17-1-2-17/h3,6,9-13,17H,1-2,4-5,7-8,14H2. The Kier molecular flexibility index (Phi) is 5.52. The summed E-state index contributed by atoms with van der Waals surface area (Å²) in [6, 6.07) is 3.34. The Morgan fingerprint density at radius 3 is 2.40 bits per heavy atom. The third-order valence-corrected chi connectivity index (χ3v) is 11.7. The second kappa shape index (κ2) is 8.60. The highest BCUT2D eigenvalue weighted by Crippen LogP contribution is 2.49. The van der Waals surface area contributed by atoms with Crippen molar-refractivity contribution in [3.63, 3.8) is 0 Å². The summed E-state index contributed by atoms with van der Waals surface area (Å²) in [5.74, 6) is -0.611. The van der Waals surface area contributed by atoms with Gasteiger partial charge in [0.25, 0.3) is 10.0 Å². The Bertz CT molecular complexity index is 1890. The lowest BCUT2D eigenvalue weighted by Gasteiger charge is -2.42. The Morgan fingerprint density at radius 1 is 1.00 bits per heavy atom. The van der Waals surface area contributed by atoms with Crippen molar-refractivity contribution >= 4 is 54.3 Å². The molecule has 1 aromatic carbocycles. The molecule has 1 spiro atoms. The van der Waals surface area contributed by atoms with Gasteiger partial charge in [0.15, 0.2) is 11.6 Å². The molecular formula is C24H22ClF2N7O4S2. The van der Waals surface area contributed by atoms with E-state index in [1.807, 2.05) is 9.80 Å². The highest BCUT2D eigenvalue weighted by molar-refractivity contribution is 7.91. The summed E-state index contributed by atoms with van der Waals surface area (Å²) in [5.41, 5.74) is -0.483. The molecule has 0 amide bonds. The van der Waals surface area contributed by atoms with Gasteiger partial charge in [-0.15, -0.1) is 5.10 Å². The molecule has 3 aromatic heterocycles. The molecule has 1 saturated heterocycles. The van der Waals surface area contributed by atoms with Gasteiger partial charge >= 0.3 is 0 Å². The zero-order valence-electron chi connectivity index (χ0n) is 20.8. The van der Waals surface area contributed by atoms with Gasteiger partial charge in [-0.25, -0.2) is 27.2 Å². The summed E-state index contributed by atoms with van der Waals surface area (Å²) in [7, 11) is -8.13. The fraction of sp³-hybridized carbons (Fsp3) is 0.375. The first kappa shape index (κ1) is 25.7. The minimum Gasteiger partial charge on any atom is -0.345 e. The molecule has 2 saturated carbocycles. The van der Waals surface area contributed by atoms with E-state index in [9.17, 15) is 25.6 Å². The Labute approximate surface area is 233 Å². The molecule has 0 radical (unpaired) electrons. The van der Waals surface area contributed by atoms with Gasteiger partial charge in [0.1, 0.15) is 10.7 Å². The molecule has 1 aliphatic heterocycles. The minimum atomic E-state index is -4.43. The smallest absolute Gasteiger partial charge is 0.285 e. The van der Waals surface area contributed by atoms with E-state index in [1.54, 1.807) is 0 Å². The van der Waals surface area contributed by atoms with Crippen LogP contribution in [0.4, 0.5) is 20.5 Å². The van der Waals surface area contributed by atoms with Crippen molar-refractivity contribution in [3.05, 3.63) is 59.6 Å². The predicted octanol–water partition coefficient (Wildman–Crippen LogP) is 3.00. The van der Waals surface area contributed by atoms with Crippen LogP contribution in [0, 0.1) is 11.6 Å². The minimum absolute atomic E-state index is 0.000397. The van der Waals surface area contributed by atoms with Crippen LogP contribution in [0.2, 0.25) is 5.02 Å². The topological polar surface area (TPSA) is 123 Å². The highest BCUT2D eigenvalue weighted by Gasteiger charge is 2.53. The van der Waals surface area contributed by atoms with Crippen molar-refractivity contribution in [1.29, 1.82) is 0 Å². The zero-order chi connectivity index (χ0) is 28.0. The van der Waals surface area contributed by atoms with E-state index in [-0.39, 0.29) is 26.6 Å². The lowest BCUT2D eigenvalue weighted by molar-refractivity contribution is 0.497. The summed E-state index contributed by atoms with van der Waals surface area (Å²) in [6.07, 6.45) is 7.03. The van der Waals surface area contributed by atoms with Crippen molar-refractivity contribution in [1.82, 2.24) is 23.1 Å². The first-order chi connectivity index (χ1) is 19.0. The molecule has 3 fully saturated rings. The Hall–Kier alpha value is -3.30. The van der Waals surface area contributed by atoms with E-state index in [1.165, 1.54) is 12.3 Å². The Balaban J connectivity index is 1.30. The van der Waals surface area contributed by atoms with Gasteiger partial charge in [-0.1, -0.05) is 11.6 Å². The van der Waals surface area contributed by atoms with Crippen LogP contribution in [0.1, 0.15) is 25.7 Å². The molecule has 16 heteroatoms. The van der Waals surface area contributed by atoms with E-state index in [4.69, 9.17) is 11.6 Å². The largest absolute Gasteiger partial charge is 0.345 e. The maximum atomic E-state index is 14.5. The maximum absolute atomic E-state index is 14.5. The number of halogens is 3. The SMILES string of the molecule is O=S(=O)(c1ccn(S(=O)(=O)C2CC2)c1)n1nc(N2CCN(c3ncc(F)cn3)CC23CC3)c2c(Cl)cc(F)cc21. The van der Waals surface area contributed by atoms with Gasteiger partial charge in [0.2, 0.25) is 16.0 Å². The first-order valence-corrected chi connectivity index (χ1v) is 15.9. The molecule has 0 unspecified atom stereocenters. The van der Waals surface area contributed by atoms with E-state index in [0.29, 0.717) is 38.4 Å². The van der Waals surface area contributed by atoms with Crippen LogP contribution in [0.3, 0.4) is 0 Å². The summed E-state index contributed by atoms with van der Waals surface area (Å²) < 4.78 is 82.4. The van der Waals surface area contributed by atoms with Crippen LogP contribution in [0.15, 0.2) is 47.9 Å². The molecule has 210 valence electrons. The average molecular weight is 610 g/mol. The number of nitrogens with zero attached hydrogens (tertiary/aromatic N) is 7. The van der Waals surface area contributed by atoms with E-state index < -0.39 is 42.5 Å². The quantitative estimate of drug-likeness (QED) is 0.324. The van der Waals surface area contributed by atoms with E-state index in [0.717, 1.165) is 51.6 Å². The molecule has 0 bridgehead atoms. The second-order valence-electron chi connectivity index (χ2n) is 10.4. The highest BCUT2D eigenvalue weighted by atomic mass is 35.5. The number of aromatic nitrogens is 5. The Morgan fingerprint density at radius 2 is 1.73 bits per heavy atom. The third kappa shape index (κ3) is 3.96. The van der Waals surface area contributed by atoms with Crippen LogP contribution in [0.25, 0.3) is 10.9 Å². The third-order valence-electron chi connectivity index (χ3n) is 7.68. The zero-order valence-corrected chi connectivity index (χ0v) is 23.2. The number of fused-ring (bicyclic) bond motifs is 1. The molecule has 7 rings (SSSR count). The average Bonchev–Trinajstić information content (AvgIpc) is 3.81. The van der Waals surface area contributed by atoms with Crippen molar-refractivity contribution in [3.8, 4) is 0 Å². The summed E-state index contributed by atoms with van der Waals surface area (Å²) in [5, 5.41) is 4.21. The van der Waals surface area contributed by atoms with Crippen LogP contribution >= 0.6 is 11.6 Å². The van der Waals surface area contributed by atoms with Gasteiger partial charge < -0.3 is 9.80 Å². The van der Waals surface area contributed by atoms with Crippen molar-refractivity contribution in [2.24, 2.45) is 0 Å². The normalized spacial score (nSPS) is 19.1. The van der Waals surface area contributed by atoms with Gasteiger partial charge in [0, 0.05) is 38.1 Å². The number of rotatable bonds is 6. The van der Waals surface area contributed by atoms with Gasteiger partial charge in [-0.05, 0) is 37.8 Å². The molecule has 40 heavy (non-hydrogen) atoms. The number of piperazine rings is 1. The summed E-state index contributed by atoms with van der Waals surface area (Å²) in [4.78, 5) is 11.8. The first-order valence-electron chi connectivity index (χ1n) is 12.6. The molecule has 4 heterocycles. The fourth-order valence-corrected chi connectivity index (χ4v) is 8.51. The van der Waals surface area contributed by atoms with Crippen LogP contribution in [0.5, 0.6) is 0 Å². The second-order valence-corrected chi connectivity index (χ2v) is 14.7. The van der Waals surface area contributed by atoms with Gasteiger partial charge in [-0.2, -0.15) is 12.5 Å². The number of benzene rings is 1. The van der Waals surface area contributed by atoms with Crippen LogP contribution in [-0.2, 0) is 20.0 Å². The molecule has 2 aliphatic carbocycles. The van der Waals surface area contributed by atoms with Crippen LogP contribution < -0.4 is 9.80 Å². The lowest BCUT2D eigenvalue weighted by atomic mass is 10.1. The molecule has 0 N–H and O–H groups in total. The van der Waals surface area contributed by atoms with Gasteiger partial charge in [-0.3, -0.25) is 3.97 Å². The maximum Gasteiger partial charge on any atom is 0.285 e. The molecule has 4 aromatic rings. The van der Waals surface area contributed by atoms with Crippen molar-refractivity contribution in [2.75, 3.05) is 29.4 Å². The number of anilines is 2. The number of hydrogen-bond acceptors (Lipinski definition) is 9. The van der Waals surface area contributed by atoms with E-state index in [2.05, 4.69) is 15.1 Å².